The van der Waals surface area contributed by atoms with E-state index in [2.05, 4.69) is 10.6 Å². The fourth-order valence-corrected chi connectivity index (χ4v) is 1.60. The standard InChI is InChI=1S/C15H22N2O2/c1-5-12(4)16-14(18)9-15(19)17-13-7-6-10(2)11(3)8-13/h6-8,12H,5,9H2,1-4H3,(H,16,18)(H,17,19). The van der Waals surface area contributed by atoms with Crippen molar-refractivity contribution in [2.45, 2.75) is 46.6 Å². The first-order valence-electron chi connectivity index (χ1n) is 6.58. The Balaban J connectivity index is 2.51. The quantitative estimate of drug-likeness (QED) is 0.801. The number of amides is 2. The third kappa shape index (κ3) is 5.12. The van der Waals surface area contributed by atoms with Crippen molar-refractivity contribution in [3.63, 3.8) is 0 Å². The van der Waals surface area contributed by atoms with Gasteiger partial charge in [0.2, 0.25) is 11.8 Å². The molecule has 0 bridgehead atoms. The second kappa shape index (κ2) is 6.92. The van der Waals surface area contributed by atoms with Gasteiger partial charge >= 0.3 is 0 Å². The van der Waals surface area contributed by atoms with E-state index >= 15 is 0 Å². The van der Waals surface area contributed by atoms with Gasteiger partial charge in [-0.05, 0) is 50.5 Å². The summed E-state index contributed by atoms with van der Waals surface area (Å²) in [6.07, 6.45) is 0.710. The Labute approximate surface area is 114 Å². The molecule has 2 amide bonds. The Morgan fingerprint density at radius 1 is 1.16 bits per heavy atom. The van der Waals surface area contributed by atoms with Crippen LogP contribution in [0, 0.1) is 13.8 Å². The Bertz CT molecular complexity index is 469. The normalized spacial score (nSPS) is 11.8. The Hall–Kier alpha value is -1.84. The van der Waals surface area contributed by atoms with E-state index in [0.717, 1.165) is 17.7 Å². The molecule has 1 aromatic carbocycles. The van der Waals surface area contributed by atoms with Crippen LogP contribution in [0.5, 0.6) is 0 Å². The van der Waals surface area contributed by atoms with Crippen LogP contribution in [-0.2, 0) is 9.59 Å². The van der Waals surface area contributed by atoms with Gasteiger partial charge in [0.05, 0.1) is 0 Å². The molecule has 19 heavy (non-hydrogen) atoms. The van der Waals surface area contributed by atoms with Crippen LogP contribution in [-0.4, -0.2) is 17.9 Å². The van der Waals surface area contributed by atoms with Crippen LogP contribution in [0.3, 0.4) is 0 Å². The summed E-state index contributed by atoms with van der Waals surface area (Å²) in [6.45, 7) is 7.90. The van der Waals surface area contributed by atoms with Crippen molar-refractivity contribution in [1.29, 1.82) is 0 Å². The molecule has 0 aliphatic carbocycles. The molecule has 2 N–H and O–H groups in total. The Kier molecular flexibility index (Phi) is 5.55. The van der Waals surface area contributed by atoms with Crippen molar-refractivity contribution in [1.82, 2.24) is 5.32 Å². The highest BCUT2D eigenvalue weighted by atomic mass is 16.2. The van der Waals surface area contributed by atoms with Crippen LogP contribution in [0.2, 0.25) is 0 Å². The predicted molar refractivity (Wildman–Crippen MR) is 77.1 cm³/mol. The second-order valence-corrected chi connectivity index (χ2v) is 4.90. The van der Waals surface area contributed by atoms with E-state index in [0.29, 0.717) is 0 Å². The average molecular weight is 262 g/mol. The molecule has 0 heterocycles. The molecule has 1 aromatic rings. The van der Waals surface area contributed by atoms with E-state index in [4.69, 9.17) is 0 Å². The van der Waals surface area contributed by atoms with Gasteiger partial charge < -0.3 is 10.6 Å². The van der Waals surface area contributed by atoms with Crippen LogP contribution >= 0.6 is 0 Å². The third-order valence-electron chi connectivity index (χ3n) is 3.13. The molecule has 0 radical (unpaired) electrons. The molecule has 0 saturated carbocycles. The summed E-state index contributed by atoms with van der Waals surface area (Å²) in [6, 6.07) is 5.79. The van der Waals surface area contributed by atoms with E-state index in [-0.39, 0.29) is 24.3 Å². The van der Waals surface area contributed by atoms with E-state index in [9.17, 15) is 9.59 Å². The maximum Gasteiger partial charge on any atom is 0.233 e. The lowest BCUT2D eigenvalue weighted by atomic mass is 10.1. The van der Waals surface area contributed by atoms with Crippen molar-refractivity contribution in [2.24, 2.45) is 0 Å². The summed E-state index contributed by atoms with van der Waals surface area (Å²) in [7, 11) is 0. The summed E-state index contributed by atoms with van der Waals surface area (Å²) in [5.74, 6) is -0.528. The van der Waals surface area contributed by atoms with Gasteiger partial charge in [-0.15, -0.1) is 0 Å². The minimum Gasteiger partial charge on any atom is -0.353 e. The van der Waals surface area contributed by atoms with Crippen molar-refractivity contribution < 1.29 is 9.59 Å². The predicted octanol–water partition coefficient (Wildman–Crippen LogP) is 2.55. The lowest BCUT2D eigenvalue weighted by Crippen LogP contribution is -2.34. The molecule has 0 aliphatic heterocycles. The zero-order chi connectivity index (χ0) is 14.4. The third-order valence-corrected chi connectivity index (χ3v) is 3.13. The number of hydrogen-bond donors (Lipinski definition) is 2. The van der Waals surface area contributed by atoms with E-state index in [1.165, 1.54) is 5.56 Å². The molecular formula is C15H22N2O2. The number of hydrogen-bond acceptors (Lipinski definition) is 2. The van der Waals surface area contributed by atoms with Crippen LogP contribution in [0.25, 0.3) is 0 Å². The highest BCUT2D eigenvalue weighted by Gasteiger charge is 2.11. The van der Waals surface area contributed by atoms with E-state index < -0.39 is 0 Å². The van der Waals surface area contributed by atoms with Crippen LogP contribution in [0.4, 0.5) is 5.69 Å². The smallest absolute Gasteiger partial charge is 0.233 e. The Morgan fingerprint density at radius 3 is 2.42 bits per heavy atom. The van der Waals surface area contributed by atoms with Crippen LogP contribution < -0.4 is 10.6 Å². The van der Waals surface area contributed by atoms with Crippen molar-refractivity contribution in [2.75, 3.05) is 5.32 Å². The van der Waals surface area contributed by atoms with Gasteiger partial charge in [-0.25, -0.2) is 0 Å². The largest absolute Gasteiger partial charge is 0.353 e. The number of rotatable bonds is 5. The summed E-state index contributed by atoms with van der Waals surface area (Å²) >= 11 is 0. The number of carbonyl (C=O) groups is 2. The molecule has 0 fully saturated rings. The number of aryl methyl sites for hydroxylation is 2. The van der Waals surface area contributed by atoms with Gasteiger partial charge in [0, 0.05) is 11.7 Å². The summed E-state index contributed by atoms with van der Waals surface area (Å²) in [5.41, 5.74) is 3.01. The minimum atomic E-state index is -0.288. The fraction of sp³-hybridized carbons (Fsp3) is 0.467. The highest BCUT2D eigenvalue weighted by molar-refractivity contribution is 6.03. The summed E-state index contributed by atoms with van der Waals surface area (Å²) in [5, 5.41) is 5.50. The van der Waals surface area contributed by atoms with Crippen molar-refractivity contribution in [3.05, 3.63) is 29.3 Å². The first kappa shape index (κ1) is 15.2. The molecule has 4 heteroatoms. The SMILES string of the molecule is CCC(C)NC(=O)CC(=O)Nc1ccc(C)c(C)c1. The summed E-state index contributed by atoms with van der Waals surface area (Å²) in [4.78, 5) is 23.3. The number of anilines is 1. The first-order valence-corrected chi connectivity index (χ1v) is 6.58. The van der Waals surface area contributed by atoms with Crippen LogP contribution in [0.1, 0.15) is 37.8 Å². The lowest BCUT2D eigenvalue weighted by Gasteiger charge is -2.11. The minimum absolute atomic E-state index is 0.0990. The zero-order valence-electron chi connectivity index (χ0n) is 12.0. The average Bonchev–Trinajstić information content (AvgIpc) is 2.33. The number of carbonyl (C=O) groups excluding carboxylic acids is 2. The molecule has 0 aromatic heterocycles. The molecule has 1 atom stereocenters. The highest BCUT2D eigenvalue weighted by Crippen LogP contribution is 2.14. The van der Waals surface area contributed by atoms with E-state index in [1.54, 1.807) is 0 Å². The number of benzene rings is 1. The zero-order valence-corrected chi connectivity index (χ0v) is 12.0. The monoisotopic (exact) mass is 262 g/mol. The fourth-order valence-electron chi connectivity index (χ4n) is 1.60. The molecular weight excluding hydrogens is 240 g/mol. The van der Waals surface area contributed by atoms with Gasteiger partial charge in [0.25, 0.3) is 0 Å². The van der Waals surface area contributed by atoms with Gasteiger partial charge in [-0.2, -0.15) is 0 Å². The summed E-state index contributed by atoms with van der Waals surface area (Å²) < 4.78 is 0. The molecule has 0 aliphatic rings. The van der Waals surface area contributed by atoms with Crippen molar-refractivity contribution in [3.8, 4) is 0 Å². The Morgan fingerprint density at radius 2 is 1.84 bits per heavy atom. The van der Waals surface area contributed by atoms with Crippen LogP contribution in [0.15, 0.2) is 18.2 Å². The van der Waals surface area contributed by atoms with Gasteiger partial charge in [0.15, 0.2) is 0 Å². The number of nitrogens with one attached hydrogen (secondary N) is 2. The van der Waals surface area contributed by atoms with Gasteiger partial charge in [0.1, 0.15) is 6.42 Å². The molecule has 0 saturated heterocycles. The maximum atomic E-state index is 11.7. The first-order chi connectivity index (χ1) is 8.92. The second-order valence-electron chi connectivity index (χ2n) is 4.90. The molecule has 1 rings (SSSR count). The molecule has 4 nitrogen and oxygen atoms in total. The lowest BCUT2D eigenvalue weighted by molar-refractivity contribution is -0.127. The molecule has 104 valence electrons. The van der Waals surface area contributed by atoms with Crippen molar-refractivity contribution >= 4 is 17.5 Å². The van der Waals surface area contributed by atoms with E-state index in [1.807, 2.05) is 45.9 Å². The van der Waals surface area contributed by atoms with Gasteiger partial charge in [-0.1, -0.05) is 13.0 Å². The molecule has 0 spiro atoms. The maximum absolute atomic E-state index is 11.7. The molecule has 1 unspecified atom stereocenters. The topological polar surface area (TPSA) is 58.2 Å². The van der Waals surface area contributed by atoms with Gasteiger partial charge in [-0.3, -0.25) is 9.59 Å².